The van der Waals surface area contributed by atoms with Crippen molar-refractivity contribution in [3.8, 4) is 22.6 Å². The molecule has 0 unspecified atom stereocenters. The molecule has 2 aliphatic heterocycles. The Bertz CT molecular complexity index is 1110. The number of rotatable bonds is 12. The van der Waals surface area contributed by atoms with Crippen LogP contribution in [0.25, 0.3) is 11.1 Å². The molecule has 2 aromatic carbocycles. The Morgan fingerprint density at radius 3 is 1.85 bits per heavy atom. The molecule has 0 spiro atoms. The number of piperidine rings is 2. The number of carboxylic acid groups (broad SMARTS) is 1. The quantitative estimate of drug-likeness (QED) is 0.359. The molecule has 0 saturated carbocycles. The molecule has 2 aromatic rings. The second-order valence-corrected chi connectivity index (χ2v) is 10.7. The molecule has 8 heteroatoms. The van der Waals surface area contributed by atoms with Crippen LogP contribution in [-0.2, 0) is 14.4 Å². The predicted molar refractivity (Wildman–Crippen MR) is 154 cm³/mol. The zero-order valence-electron chi connectivity index (χ0n) is 24.0. The molecule has 0 bridgehead atoms. The van der Waals surface area contributed by atoms with E-state index in [1.807, 2.05) is 6.07 Å². The van der Waals surface area contributed by atoms with E-state index in [-0.39, 0.29) is 12.1 Å². The summed E-state index contributed by atoms with van der Waals surface area (Å²) in [6.45, 7) is 11.7. The molecular weight excluding hydrogens is 508 g/mol. The number of hydrogen-bond donors (Lipinski definition) is 1. The van der Waals surface area contributed by atoms with Gasteiger partial charge in [-0.2, -0.15) is 9.59 Å². The van der Waals surface area contributed by atoms with Gasteiger partial charge >= 0.3 is 12.1 Å². The van der Waals surface area contributed by atoms with E-state index in [0.717, 1.165) is 69.0 Å². The van der Waals surface area contributed by atoms with Gasteiger partial charge in [0.1, 0.15) is 11.5 Å². The smallest absolute Gasteiger partial charge is 0.373 e. The van der Waals surface area contributed by atoms with Crippen molar-refractivity contribution in [2.24, 2.45) is 5.92 Å². The van der Waals surface area contributed by atoms with Crippen LogP contribution in [-0.4, -0.2) is 79.5 Å². The Morgan fingerprint density at radius 2 is 1.32 bits per heavy atom. The van der Waals surface area contributed by atoms with E-state index >= 15 is 0 Å². The first-order valence-electron chi connectivity index (χ1n) is 14.6. The molecule has 2 fully saturated rings. The Hall–Kier alpha value is -3.19. The fraction of sp³-hybridized carbons (Fsp3) is 0.562. The summed E-state index contributed by atoms with van der Waals surface area (Å²) in [5.74, 6) is 0.969. The average molecular weight is 553 g/mol. The molecule has 4 rings (SSSR count). The van der Waals surface area contributed by atoms with E-state index < -0.39 is 5.97 Å². The van der Waals surface area contributed by atoms with Crippen molar-refractivity contribution in [1.82, 2.24) is 9.80 Å². The largest absolute Gasteiger partial charge is 0.493 e. The minimum Gasteiger partial charge on any atom is -0.493 e. The highest BCUT2D eigenvalue weighted by molar-refractivity contribution is 5.74. The molecule has 2 aliphatic rings. The summed E-state index contributed by atoms with van der Waals surface area (Å²) < 4.78 is 12.4. The molecule has 0 radical (unpaired) electrons. The van der Waals surface area contributed by atoms with Crippen LogP contribution in [0.1, 0.15) is 56.1 Å². The van der Waals surface area contributed by atoms with Crippen molar-refractivity contribution in [3.05, 3.63) is 47.5 Å². The molecule has 0 aromatic heterocycles. The molecule has 40 heavy (non-hydrogen) atoms. The number of ether oxygens (including phenoxy) is 2. The standard InChI is InChI=1S/C31H44N2O4.CO2/c1-24-27(12-6-14-29(24)36-21-9-19-32-16-4-3-5-17-32)28-13-7-15-30(25(28)2)37-22-10-20-33-18-8-11-26(23-33)31(34)35;2-1-3/h6-7,12-15,26H,3-5,8-11,16-23H2,1-2H3,(H,34,35);/t26-;/m0./s1. The van der Waals surface area contributed by atoms with Crippen molar-refractivity contribution in [2.75, 3.05) is 52.5 Å². The third-order valence-electron chi connectivity index (χ3n) is 7.91. The summed E-state index contributed by atoms with van der Waals surface area (Å²) >= 11 is 0. The number of nitrogens with zero attached hydrogens (tertiary/aromatic N) is 2. The van der Waals surface area contributed by atoms with Crippen molar-refractivity contribution < 1.29 is 29.0 Å². The number of carbonyl (C=O) groups excluding carboxylic acids is 2. The van der Waals surface area contributed by atoms with Crippen LogP contribution < -0.4 is 9.47 Å². The number of hydrogen-bond acceptors (Lipinski definition) is 7. The lowest BCUT2D eigenvalue weighted by atomic mass is 9.95. The summed E-state index contributed by atoms with van der Waals surface area (Å²) in [6, 6.07) is 12.6. The minimum absolute atomic E-state index is 0.230. The van der Waals surface area contributed by atoms with Gasteiger partial charge in [-0.05, 0) is 106 Å². The maximum atomic E-state index is 11.3. The first-order valence-corrected chi connectivity index (χ1v) is 14.6. The normalized spacial score (nSPS) is 17.8. The molecule has 2 saturated heterocycles. The van der Waals surface area contributed by atoms with E-state index in [9.17, 15) is 9.90 Å². The van der Waals surface area contributed by atoms with Crippen LogP contribution in [0.4, 0.5) is 0 Å². The predicted octanol–water partition coefficient (Wildman–Crippen LogP) is 5.21. The van der Waals surface area contributed by atoms with E-state index in [0.29, 0.717) is 13.2 Å². The van der Waals surface area contributed by atoms with Crippen LogP contribution in [0.3, 0.4) is 0 Å². The lowest BCUT2D eigenvalue weighted by molar-refractivity contribution is -0.191. The molecule has 1 N–H and O–H groups in total. The average Bonchev–Trinajstić information content (AvgIpc) is 2.96. The number of likely N-dealkylation sites (tertiary alicyclic amines) is 2. The fourth-order valence-electron chi connectivity index (χ4n) is 5.71. The molecule has 1 atom stereocenters. The monoisotopic (exact) mass is 552 g/mol. The Balaban J connectivity index is 0.00000141. The van der Waals surface area contributed by atoms with Crippen LogP contribution in [0.15, 0.2) is 36.4 Å². The third-order valence-corrected chi connectivity index (χ3v) is 7.91. The van der Waals surface area contributed by atoms with Crippen LogP contribution in [0.5, 0.6) is 11.5 Å². The molecule has 0 aliphatic carbocycles. The molecule has 2 heterocycles. The highest BCUT2D eigenvalue weighted by atomic mass is 16.5. The summed E-state index contributed by atoms with van der Waals surface area (Å²) in [5, 5.41) is 9.31. The second kappa shape index (κ2) is 16.8. The number of carboxylic acids is 1. The minimum atomic E-state index is -0.671. The Morgan fingerprint density at radius 1 is 0.825 bits per heavy atom. The van der Waals surface area contributed by atoms with E-state index in [4.69, 9.17) is 19.1 Å². The molecule has 218 valence electrons. The Labute approximate surface area is 238 Å². The molecule has 0 amide bonds. The van der Waals surface area contributed by atoms with Crippen LogP contribution in [0.2, 0.25) is 0 Å². The van der Waals surface area contributed by atoms with Crippen LogP contribution in [0, 0.1) is 19.8 Å². The highest BCUT2D eigenvalue weighted by Crippen LogP contribution is 2.35. The summed E-state index contributed by atoms with van der Waals surface area (Å²) in [7, 11) is 0. The van der Waals surface area contributed by atoms with Crippen molar-refractivity contribution in [3.63, 3.8) is 0 Å². The van der Waals surface area contributed by atoms with Crippen molar-refractivity contribution in [1.29, 1.82) is 0 Å². The fourth-order valence-corrected chi connectivity index (χ4v) is 5.71. The SMILES string of the molecule is Cc1c(OCCCN2CCCCC2)cccc1-c1cccc(OCCCN2CCC[C@H](C(=O)O)C2)c1C.O=C=O. The van der Waals surface area contributed by atoms with Gasteiger partial charge in [0, 0.05) is 19.6 Å². The zero-order valence-corrected chi connectivity index (χ0v) is 24.0. The maximum Gasteiger partial charge on any atom is 0.373 e. The number of carbonyl (C=O) groups is 1. The van der Waals surface area contributed by atoms with Crippen molar-refractivity contribution in [2.45, 2.75) is 58.8 Å². The second-order valence-electron chi connectivity index (χ2n) is 10.7. The maximum absolute atomic E-state index is 11.3. The van der Waals surface area contributed by atoms with Gasteiger partial charge in [0.25, 0.3) is 0 Å². The van der Waals surface area contributed by atoms with Gasteiger partial charge in [0.15, 0.2) is 0 Å². The van der Waals surface area contributed by atoms with E-state index in [1.165, 1.54) is 49.0 Å². The summed E-state index contributed by atoms with van der Waals surface area (Å²) in [4.78, 5) is 32.4. The van der Waals surface area contributed by atoms with Gasteiger partial charge in [-0.25, -0.2) is 0 Å². The van der Waals surface area contributed by atoms with Gasteiger partial charge in [-0.3, -0.25) is 4.79 Å². The van der Waals surface area contributed by atoms with E-state index in [1.54, 1.807) is 0 Å². The first-order chi connectivity index (χ1) is 19.4. The lowest BCUT2D eigenvalue weighted by Crippen LogP contribution is -2.39. The summed E-state index contributed by atoms with van der Waals surface area (Å²) in [5.41, 5.74) is 4.66. The van der Waals surface area contributed by atoms with Crippen molar-refractivity contribution >= 4 is 12.1 Å². The van der Waals surface area contributed by atoms with Gasteiger partial charge in [-0.15, -0.1) is 0 Å². The highest BCUT2D eigenvalue weighted by Gasteiger charge is 2.24. The Kier molecular flexibility index (Phi) is 13.2. The zero-order chi connectivity index (χ0) is 28.7. The topological polar surface area (TPSA) is 96.4 Å². The molecule has 8 nitrogen and oxygen atoms in total. The van der Waals surface area contributed by atoms with E-state index in [2.05, 4.69) is 54.0 Å². The van der Waals surface area contributed by atoms with Gasteiger partial charge < -0.3 is 24.4 Å². The van der Waals surface area contributed by atoms with Gasteiger partial charge in [-0.1, -0.05) is 30.7 Å². The third kappa shape index (κ3) is 9.47. The van der Waals surface area contributed by atoms with Gasteiger partial charge in [0.2, 0.25) is 0 Å². The lowest BCUT2D eigenvalue weighted by Gasteiger charge is -2.30. The number of benzene rings is 2. The summed E-state index contributed by atoms with van der Waals surface area (Å²) in [6.07, 6.45) is 7.97. The molecular formula is C32H44N2O6. The van der Waals surface area contributed by atoms with Crippen LogP contribution >= 0.6 is 0 Å². The van der Waals surface area contributed by atoms with Gasteiger partial charge in [0.05, 0.1) is 19.1 Å². The first kappa shape index (κ1) is 31.3. The number of aliphatic carboxylic acids is 1.